The number of rotatable bonds is 11. The van der Waals surface area contributed by atoms with Crippen molar-refractivity contribution in [2.75, 3.05) is 13.2 Å². The third-order valence-corrected chi connectivity index (χ3v) is 6.23. The first-order valence-electron chi connectivity index (χ1n) is 12.2. The van der Waals surface area contributed by atoms with Crippen molar-refractivity contribution in [1.29, 1.82) is 0 Å². The van der Waals surface area contributed by atoms with Gasteiger partial charge in [-0.15, -0.1) is 0 Å². The smallest absolute Gasteiger partial charge is 0.407 e. The highest BCUT2D eigenvalue weighted by atomic mass is 16.5. The first-order valence-corrected chi connectivity index (χ1v) is 12.2. The van der Waals surface area contributed by atoms with Crippen LogP contribution in [-0.2, 0) is 14.3 Å². The van der Waals surface area contributed by atoms with Gasteiger partial charge in [0.25, 0.3) is 0 Å². The third-order valence-electron chi connectivity index (χ3n) is 6.23. The molecule has 0 aromatic heterocycles. The number of nitrogens with one attached hydrogen (secondary N) is 2. The van der Waals surface area contributed by atoms with E-state index < -0.39 is 17.6 Å². The topological polar surface area (TPSA) is 105 Å². The standard InChI is InChI=1S/C28H36N2O5/c1-18(2)13-19(14-25(31)30-28(3,4)15-26(32)33)16-29-27(34)35-17-24-22-11-7-5-9-20(22)21-10-6-8-12-23(21)24/h5-12,18-19,24H,13-17H2,1-4H3,(H,29,34)(H,30,31)(H,32,33). The molecule has 1 aliphatic rings. The summed E-state index contributed by atoms with van der Waals surface area (Å²) in [6, 6.07) is 16.3. The van der Waals surface area contributed by atoms with Gasteiger partial charge in [-0.2, -0.15) is 0 Å². The van der Waals surface area contributed by atoms with Gasteiger partial charge in [0.05, 0.1) is 6.42 Å². The molecule has 1 atom stereocenters. The van der Waals surface area contributed by atoms with E-state index >= 15 is 0 Å². The minimum absolute atomic E-state index is 0.0122. The van der Waals surface area contributed by atoms with Gasteiger partial charge in [-0.1, -0.05) is 62.4 Å². The number of carboxylic acids is 1. The van der Waals surface area contributed by atoms with E-state index in [1.807, 2.05) is 24.3 Å². The van der Waals surface area contributed by atoms with E-state index in [1.54, 1.807) is 13.8 Å². The number of hydrogen-bond donors (Lipinski definition) is 3. The van der Waals surface area contributed by atoms with Crippen LogP contribution >= 0.6 is 0 Å². The molecule has 0 heterocycles. The number of fused-ring (bicyclic) bond motifs is 3. The van der Waals surface area contributed by atoms with Crippen molar-refractivity contribution in [3.63, 3.8) is 0 Å². The molecular formula is C28H36N2O5. The molecule has 2 amide bonds. The molecule has 1 unspecified atom stereocenters. The Morgan fingerprint density at radius 3 is 2.11 bits per heavy atom. The number of carbonyl (C=O) groups excluding carboxylic acids is 2. The SMILES string of the molecule is CC(C)CC(CNC(=O)OCC1c2ccccc2-c2ccccc21)CC(=O)NC(C)(C)CC(=O)O. The van der Waals surface area contributed by atoms with E-state index in [0.717, 1.165) is 17.5 Å². The molecule has 2 aromatic rings. The molecule has 0 bridgehead atoms. The normalized spacial score (nSPS) is 13.6. The van der Waals surface area contributed by atoms with Crippen LogP contribution in [0.4, 0.5) is 4.79 Å². The molecule has 0 saturated carbocycles. The minimum Gasteiger partial charge on any atom is -0.481 e. The largest absolute Gasteiger partial charge is 0.481 e. The molecule has 188 valence electrons. The fourth-order valence-corrected chi connectivity index (χ4v) is 4.90. The number of aliphatic carboxylic acids is 1. The van der Waals surface area contributed by atoms with Crippen LogP contribution in [0.1, 0.15) is 64.0 Å². The summed E-state index contributed by atoms with van der Waals surface area (Å²) in [5, 5.41) is 14.7. The van der Waals surface area contributed by atoms with Crippen LogP contribution < -0.4 is 10.6 Å². The van der Waals surface area contributed by atoms with Crippen LogP contribution in [0, 0.1) is 11.8 Å². The lowest BCUT2D eigenvalue weighted by molar-refractivity contribution is -0.138. The first-order chi connectivity index (χ1) is 16.6. The van der Waals surface area contributed by atoms with Crippen LogP contribution in [0.5, 0.6) is 0 Å². The van der Waals surface area contributed by atoms with Gasteiger partial charge in [0.1, 0.15) is 6.61 Å². The molecule has 0 radical (unpaired) electrons. The second-order valence-corrected chi connectivity index (χ2v) is 10.4. The number of carbonyl (C=O) groups is 3. The second-order valence-electron chi connectivity index (χ2n) is 10.4. The quantitative estimate of drug-likeness (QED) is 0.422. The molecule has 7 heteroatoms. The van der Waals surface area contributed by atoms with E-state index in [9.17, 15) is 14.4 Å². The molecular weight excluding hydrogens is 444 g/mol. The van der Waals surface area contributed by atoms with Gasteiger partial charge < -0.3 is 20.5 Å². The predicted molar refractivity (Wildman–Crippen MR) is 135 cm³/mol. The number of benzene rings is 2. The Hall–Kier alpha value is -3.35. The molecule has 1 aliphatic carbocycles. The molecule has 3 rings (SSSR count). The van der Waals surface area contributed by atoms with E-state index in [2.05, 4.69) is 48.7 Å². The van der Waals surface area contributed by atoms with Gasteiger partial charge in [-0.05, 0) is 54.4 Å². The van der Waals surface area contributed by atoms with Crippen LogP contribution in [0.2, 0.25) is 0 Å². The minimum atomic E-state index is -0.967. The molecule has 0 spiro atoms. The average Bonchev–Trinajstić information content (AvgIpc) is 3.08. The van der Waals surface area contributed by atoms with Crippen molar-refractivity contribution in [3.8, 4) is 11.1 Å². The molecule has 0 fully saturated rings. The van der Waals surface area contributed by atoms with Crippen LogP contribution in [0.25, 0.3) is 11.1 Å². The predicted octanol–water partition coefficient (Wildman–Crippen LogP) is 4.95. The fraction of sp³-hybridized carbons (Fsp3) is 0.464. The van der Waals surface area contributed by atoms with Crippen molar-refractivity contribution in [2.24, 2.45) is 11.8 Å². The number of amides is 2. The van der Waals surface area contributed by atoms with Crippen molar-refractivity contribution < 1.29 is 24.2 Å². The Balaban J connectivity index is 1.55. The van der Waals surface area contributed by atoms with Crippen LogP contribution in [-0.4, -0.2) is 41.8 Å². The lowest BCUT2D eigenvalue weighted by Crippen LogP contribution is -2.46. The van der Waals surface area contributed by atoms with Crippen molar-refractivity contribution in [3.05, 3.63) is 59.7 Å². The molecule has 3 N–H and O–H groups in total. The summed E-state index contributed by atoms with van der Waals surface area (Å²) in [7, 11) is 0. The third kappa shape index (κ3) is 7.31. The summed E-state index contributed by atoms with van der Waals surface area (Å²) < 4.78 is 5.61. The summed E-state index contributed by atoms with van der Waals surface area (Å²) in [6.07, 6.45) is 0.277. The number of carboxylic acid groups (broad SMARTS) is 1. The van der Waals surface area contributed by atoms with Crippen LogP contribution in [0.3, 0.4) is 0 Å². The number of alkyl carbamates (subject to hydrolysis) is 1. The van der Waals surface area contributed by atoms with Crippen molar-refractivity contribution in [2.45, 2.75) is 58.4 Å². The lowest BCUT2D eigenvalue weighted by atomic mass is 9.92. The Kier molecular flexibility index (Phi) is 8.54. The highest BCUT2D eigenvalue weighted by molar-refractivity contribution is 5.79. The zero-order chi connectivity index (χ0) is 25.6. The lowest BCUT2D eigenvalue weighted by Gasteiger charge is -2.26. The van der Waals surface area contributed by atoms with Gasteiger partial charge in [-0.25, -0.2) is 4.79 Å². The van der Waals surface area contributed by atoms with Gasteiger partial charge in [-0.3, -0.25) is 9.59 Å². The summed E-state index contributed by atoms with van der Waals surface area (Å²) in [5.74, 6) is -0.954. The highest BCUT2D eigenvalue weighted by Crippen LogP contribution is 2.44. The van der Waals surface area contributed by atoms with Gasteiger partial charge >= 0.3 is 12.1 Å². The van der Waals surface area contributed by atoms with Gasteiger partial charge in [0.2, 0.25) is 5.91 Å². The van der Waals surface area contributed by atoms with E-state index in [4.69, 9.17) is 9.84 Å². The van der Waals surface area contributed by atoms with Crippen molar-refractivity contribution in [1.82, 2.24) is 10.6 Å². The van der Waals surface area contributed by atoms with E-state index in [-0.39, 0.29) is 37.2 Å². The van der Waals surface area contributed by atoms with E-state index in [0.29, 0.717) is 12.5 Å². The van der Waals surface area contributed by atoms with Crippen molar-refractivity contribution >= 4 is 18.0 Å². The summed E-state index contributed by atoms with van der Waals surface area (Å²) in [4.78, 5) is 36.1. The van der Waals surface area contributed by atoms with E-state index in [1.165, 1.54) is 11.1 Å². The van der Waals surface area contributed by atoms with Crippen LogP contribution in [0.15, 0.2) is 48.5 Å². The van der Waals surface area contributed by atoms with Gasteiger partial charge in [0.15, 0.2) is 0 Å². The second kappa shape index (κ2) is 11.4. The molecule has 7 nitrogen and oxygen atoms in total. The Morgan fingerprint density at radius 2 is 1.57 bits per heavy atom. The average molecular weight is 481 g/mol. The zero-order valence-electron chi connectivity index (χ0n) is 21.0. The molecule has 35 heavy (non-hydrogen) atoms. The Labute approximate surface area is 207 Å². The maximum absolute atomic E-state index is 12.6. The Bertz CT molecular complexity index is 1020. The Morgan fingerprint density at radius 1 is 1.00 bits per heavy atom. The number of hydrogen-bond acceptors (Lipinski definition) is 4. The molecule has 2 aromatic carbocycles. The monoisotopic (exact) mass is 480 g/mol. The highest BCUT2D eigenvalue weighted by Gasteiger charge is 2.29. The van der Waals surface area contributed by atoms with Gasteiger partial charge in [0, 0.05) is 24.4 Å². The summed E-state index contributed by atoms with van der Waals surface area (Å²) in [6.45, 7) is 8.04. The summed E-state index contributed by atoms with van der Waals surface area (Å²) in [5.41, 5.74) is 3.81. The summed E-state index contributed by atoms with van der Waals surface area (Å²) >= 11 is 0. The maximum atomic E-state index is 12.6. The first kappa shape index (κ1) is 26.3. The molecule has 0 saturated heterocycles. The number of ether oxygens (including phenoxy) is 1. The fourth-order valence-electron chi connectivity index (χ4n) is 4.90. The molecule has 0 aliphatic heterocycles. The maximum Gasteiger partial charge on any atom is 0.407 e. The zero-order valence-corrected chi connectivity index (χ0v) is 21.0.